The quantitative estimate of drug-likeness (QED) is 0.793. The van der Waals surface area contributed by atoms with Crippen LogP contribution in [0.15, 0.2) is 0 Å². The maximum Gasteiger partial charge on any atom is 0.347 e. The fourth-order valence-corrected chi connectivity index (χ4v) is 3.87. The molecule has 1 unspecified atom stereocenters. The van der Waals surface area contributed by atoms with Crippen molar-refractivity contribution in [2.45, 2.75) is 58.0 Å². The SMILES string of the molecule is CCCc1c2c(c(OC)c3c1OC(C(=O)OC)CC3=O)CCCC2. The molecule has 0 N–H and O–H groups in total. The van der Waals surface area contributed by atoms with Gasteiger partial charge in [-0.15, -0.1) is 0 Å². The first-order chi connectivity index (χ1) is 11.6. The Morgan fingerprint density at radius 3 is 2.54 bits per heavy atom. The molecule has 0 bridgehead atoms. The maximum absolute atomic E-state index is 12.8. The van der Waals surface area contributed by atoms with Gasteiger partial charge in [0.05, 0.1) is 20.6 Å². The third-order valence-corrected chi connectivity index (χ3v) is 4.91. The molecule has 0 radical (unpaired) electrons. The third kappa shape index (κ3) is 2.66. The van der Waals surface area contributed by atoms with E-state index in [1.165, 1.54) is 12.7 Å². The van der Waals surface area contributed by atoms with Crippen LogP contribution in [0.2, 0.25) is 0 Å². The predicted octanol–water partition coefficient (Wildman–Crippen LogP) is 3.03. The molecule has 2 aliphatic rings. The first-order valence-electron chi connectivity index (χ1n) is 8.64. The highest BCUT2D eigenvalue weighted by molar-refractivity contribution is 6.05. The summed E-state index contributed by atoms with van der Waals surface area (Å²) in [7, 11) is 2.91. The molecule has 0 fully saturated rings. The largest absolute Gasteiger partial charge is 0.496 e. The number of ether oxygens (including phenoxy) is 3. The number of methoxy groups -OCH3 is 2. The standard InChI is InChI=1S/C19H24O5/c1-4-7-12-11-8-5-6-9-13(11)17(22-2)16-14(20)10-15(19(21)23-3)24-18(12)16/h15H,4-10H2,1-3H3. The van der Waals surface area contributed by atoms with E-state index in [1.54, 1.807) is 7.11 Å². The molecule has 1 aliphatic heterocycles. The van der Waals surface area contributed by atoms with E-state index in [-0.39, 0.29) is 12.2 Å². The van der Waals surface area contributed by atoms with Crippen molar-refractivity contribution in [1.82, 2.24) is 0 Å². The highest BCUT2D eigenvalue weighted by Gasteiger charge is 2.38. The Kier molecular flexibility index (Phi) is 4.78. The molecule has 1 heterocycles. The van der Waals surface area contributed by atoms with Gasteiger partial charge in [-0.05, 0) is 48.8 Å². The first-order valence-corrected chi connectivity index (χ1v) is 8.64. The summed E-state index contributed by atoms with van der Waals surface area (Å²) < 4.78 is 16.4. The minimum Gasteiger partial charge on any atom is -0.496 e. The molecule has 0 saturated carbocycles. The molecule has 0 aromatic heterocycles. The first kappa shape index (κ1) is 16.8. The van der Waals surface area contributed by atoms with Crippen LogP contribution in [0.5, 0.6) is 11.5 Å². The topological polar surface area (TPSA) is 61.8 Å². The Morgan fingerprint density at radius 2 is 1.92 bits per heavy atom. The van der Waals surface area contributed by atoms with Crippen LogP contribution >= 0.6 is 0 Å². The van der Waals surface area contributed by atoms with Gasteiger partial charge < -0.3 is 14.2 Å². The summed E-state index contributed by atoms with van der Waals surface area (Å²) in [5.41, 5.74) is 3.99. The number of benzene rings is 1. The molecule has 0 saturated heterocycles. The van der Waals surface area contributed by atoms with Crippen molar-refractivity contribution in [3.63, 3.8) is 0 Å². The molecule has 1 atom stereocenters. The summed E-state index contributed by atoms with van der Waals surface area (Å²) in [4.78, 5) is 24.7. The minimum atomic E-state index is -0.864. The number of Topliss-reactive ketones (excluding diaryl/α,β-unsaturated/α-hetero) is 1. The molecule has 0 amide bonds. The molecule has 5 heteroatoms. The van der Waals surface area contributed by atoms with E-state index in [9.17, 15) is 9.59 Å². The van der Waals surface area contributed by atoms with Crippen molar-refractivity contribution in [1.29, 1.82) is 0 Å². The summed E-state index contributed by atoms with van der Waals surface area (Å²) in [5, 5.41) is 0. The van der Waals surface area contributed by atoms with Crippen LogP contribution in [0.25, 0.3) is 0 Å². The van der Waals surface area contributed by atoms with Gasteiger partial charge in [-0.1, -0.05) is 13.3 Å². The lowest BCUT2D eigenvalue weighted by atomic mass is 9.81. The lowest BCUT2D eigenvalue weighted by molar-refractivity contribution is -0.149. The van der Waals surface area contributed by atoms with E-state index in [0.717, 1.165) is 49.7 Å². The number of hydrogen-bond donors (Lipinski definition) is 0. The van der Waals surface area contributed by atoms with Crippen molar-refractivity contribution in [2.75, 3.05) is 14.2 Å². The van der Waals surface area contributed by atoms with Gasteiger partial charge in [-0.2, -0.15) is 0 Å². The van der Waals surface area contributed by atoms with Crippen LogP contribution in [0, 0.1) is 0 Å². The van der Waals surface area contributed by atoms with Gasteiger partial charge in [-0.3, -0.25) is 4.79 Å². The predicted molar refractivity (Wildman–Crippen MR) is 89.0 cm³/mol. The highest BCUT2D eigenvalue weighted by Crippen LogP contribution is 2.46. The molecular weight excluding hydrogens is 308 g/mol. The van der Waals surface area contributed by atoms with Gasteiger partial charge in [0.2, 0.25) is 6.10 Å². The van der Waals surface area contributed by atoms with E-state index < -0.39 is 12.1 Å². The molecule has 1 aromatic carbocycles. The smallest absolute Gasteiger partial charge is 0.347 e. The Bertz CT molecular complexity index is 677. The number of rotatable bonds is 4. The van der Waals surface area contributed by atoms with Crippen LogP contribution < -0.4 is 9.47 Å². The molecule has 1 aromatic rings. The fourth-order valence-electron chi connectivity index (χ4n) is 3.87. The normalized spacial score (nSPS) is 19.1. The summed E-state index contributed by atoms with van der Waals surface area (Å²) in [6.07, 6.45) is 5.04. The van der Waals surface area contributed by atoms with E-state index in [4.69, 9.17) is 14.2 Å². The Balaban J connectivity index is 2.21. The minimum absolute atomic E-state index is 0.000382. The van der Waals surface area contributed by atoms with Crippen LogP contribution in [-0.2, 0) is 28.8 Å². The van der Waals surface area contributed by atoms with E-state index in [2.05, 4.69) is 6.92 Å². The monoisotopic (exact) mass is 332 g/mol. The summed E-state index contributed by atoms with van der Waals surface area (Å²) in [6, 6.07) is 0. The Morgan fingerprint density at radius 1 is 1.21 bits per heavy atom. The zero-order valence-corrected chi connectivity index (χ0v) is 14.6. The fraction of sp³-hybridized carbons (Fsp3) is 0.579. The summed E-state index contributed by atoms with van der Waals surface area (Å²) in [5.74, 6) is 0.580. The van der Waals surface area contributed by atoms with E-state index >= 15 is 0 Å². The number of ketones is 1. The van der Waals surface area contributed by atoms with Gasteiger partial charge in [0.25, 0.3) is 0 Å². The number of carbonyl (C=O) groups excluding carboxylic acids is 2. The van der Waals surface area contributed by atoms with Crippen LogP contribution in [0.4, 0.5) is 0 Å². The van der Waals surface area contributed by atoms with Gasteiger partial charge in [0, 0.05) is 0 Å². The second-order valence-corrected chi connectivity index (χ2v) is 6.39. The lowest BCUT2D eigenvalue weighted by Gasteiger charge is -2.31. The number of hydrogen-bond acceptors (Lipinski definition) is 5. The summed E-state index contributed by atoms with van der Waals surface area (Å²) >= 11 is 0. The Labute approximate surface area is 142 Å². The molecule has 0 spiro atoms. The zero-order valence-electron chi connectivity index (χ0n) is 14.6. The van der Waals surface area contributed by atoms with Crippen molar-refractivity contribution in [3.8, 4) is 11.5 Å². The molecule has 24 heavy (non-hydrogen) atoms. The third-order valence-electron chi connectivity index (χ3n) is 4.91. The maximum atomic E-state index is 12.8. The molecular formula is C19H24O5. The van der Waals surface area contributed by atoms with Gasteiger partial charge in [0.1, 0.15) is 17.1 Å². The van der Waals surface area contributed by atoms with Crippen molar-refractivity contribution < 1.29 is 23.8 Å². The number of carbonyl (C=O) groups is 2. The van der Waals surface area contributed by atoms with Crippen LogP contribution in [-0.4, -0.2) is 32.1 Å². The molecule has 3 rings (SSSR count). The second-order valence-electron chi connectivity index (χ2n) is 6.39. The zero-order chi connectivity index (χ0) is 17.3. The average Bonchev–Trinajstić information content (AvgIpc) is 2.61. The van der Waals surface area contributed by atoms with E-state index in [0.29, 0.717) is 17.1 Å². The molecule has 1 aliphatic carbocycles. The summed E-state index contributed by atoms with van der Waals surface area (Å²) in [6.45, 7) is 2.11. The van der Waals surface area contributed by atoms with Crippen molar-refractivity contribution in [3.05, 3.63) is 22.3 Å². The number of esters is 1. The van der Waals surface area contributed by atoms with Crippen LogP contribution in [0.3, 0.4) is 0 Å². The molecule has 5 nitrogen and oxygen atoms in total. The van der Waals surface area contributed by atoms with Gasteiger partial charge in [0.15, 0.2) is 5.78 Å². The van der Waals surface area contributed by atoms with Gasteiger partial charge >= 0.3 is 5.97 Å². The van der Waals surface area contributed by atoms with Gasteiger partial charge in [-0.25, -0.2) is 4.79 Å². The highest BCUT2D eigenvalue weighted by atomic mass is 16.6. The molecule has 130 valence electrons. The lowest BCUT2D eigenvalue weighted by Crippen LogP contribution is -2.36. The Hall–Kier alpha value is -2.04. The van der Waals surface area contributed by atoms with Crippen molar-refractivity contribution in [2.24, 2.45) is 0 Å². The van der Waals surface area contributed by atoms with E-state index in [1.807, 2.05) is 0 Å². The average molecular weight is 332 g/mol. The number of fused-ring (bicyclic) bond motifs is 2. The van der Waals surface area contributed by atoms with Crippen LogP contribution in [0.1, 0.15) is 59.7 Å². The van der Waals surface area contributed by atoms with Crippen molar-refractivity contribution >= 4 is 11.8 Å². The second kappa shape index (κ2) is 6.83.